The number of amides is 1. The van der Waals surface area contributed by atoms with E-state index in [0.29, 0.717) is 21.4 Å². The summed E-state index contributed by atoms with van der Waals surface area (Å²) in [6.07, 6.45) is 1.58. The van der Waals surface area contributed by atoms with Crippen LogP contribution in [0.25, 0.3) is 0 Å². The molecule has 9 heteroatoms. The second-order valence-corrected chi connectivity index (χ2v) is 9.41. The lowest BCUT2D eigenvalue weighted by Crippen LogP contribution is -2.18. The summed E-state index contributed by atoms with van der Waals surface area (Å²) in [5.74, 6) is 0.857. The van der Waals surface area contributed by atoms with Gasteiger partial charge >= 0.3 is 0 Å². The Kier molecular flexibility index (Phi) is 8.82. The van der Waals surface area contributed by atoms with Gasteiger partial charge in [-0.1, -0.05) is 41.4 Å². The van der Waals surface area contributed by atoms with E-state index in [-0.39, 0.29) is 12.5 Å². The summed E-state index contributed by atoms with van der Waals surface area (Å²) in [7, 11) is 1.63. The SMILES string of the molecule is COc1c(I)cc(/C=N/NC(=O)c2ccccc2OCc2ccc(Cl)cc2Cl)cc1I. The van der Waals surface area contributed by atoms with Gasteiger partial charge in [0.05, 0.1) is 26.0 Å². The van der Waals surface area contributed by atoms with E-state index >= 15 is 0 Å². The van der Waals surface area contributed by atoms with Crippen molar-refractivity contribution in [2.75, 3.05) is 7.11 Å². The molecule has 0 aliphatic heterocycles. The van der Waals surface area contributed by atoms with Gasteiger partial charge in [-0.05, 0) is 87.1 Å². The molecule has 0 atom stereocenters. The number of para-hydroxylation sites is 1. The maximum atomic E-state index is 12.6. The minimum atomic E-state index is -0.382. The number of nitrogens with zero attached hydrogens (tertiary/aromatic N) is 1. The lowest BCUT2D eigenvalue weighted by Gasteiger charge is -2.11. The highest BCUT2D eigenvalue weighted by Gasteiger charge is 2.13. The van der Waals surface area contributed by atoms with Crippen LogP contribution in [0.2, 0.25) is 10.0 Å². The van der Waals surface area contributed by atoms with Crippen LogP contribution in [0, 0.1) is 7.14 Å². The van der Waals surface area contributed by atoms with Gasteiger partial charge in [-0.2, -0.15) is 5.10 Å². The number of ether oxygens (including phenoxy) is 2. The van der Waals surface area contributed by atoms with E-state index in [2.05, 4.69) is 55.7 Å². The molecule has 0 bridgehead atoms. The molecule has 0 fully saturated rings. The van der Waals surface area contributed by atoms with E-state index in [0.717, 1.165) is 24.0 Å². The molecule has 31 heavy (non-hydrogen) atoms. The van der Waals surface area contributed by atoms with E-state index in [1.165, 1.54) is 0 Å². The number of halogens is 4. The minimum Gasteiger partial charge on any atom is -0.495 e. The molecule has 1 N–H and O–H groups in total. The number of hydrogen-bond acceptors (Lipinski definition) is 4. The molecule has 0 aliphatic rings. The van der Waals surface area contributed by atoms with Crippen LogP contribution < -0.4 is 14.9 Å². The Morgan fingerprint density at radius 1 is 1.10 bits per heavy atom. The number of hydrazone groups is 1. The molecule has 3 aromatic carbocycles. The summed E-state index contributed by atoms with van der Waals surface area (Å²) in [5, 5.41) is 5.13. The van der Waals surface area contributed by atoms with Gasteiger partial charge in [0.2, 0.25) is 0 Å². The summed E-state index contributed by atoms with van der Waals surface area (Å²) in [4.78, 5) is 12.6. The average Bonchev–Trinajstić information content (AvgIpc) is 2.73. The first kappa shape index (κ1) is 24.1. The van der Waals surface area contributed by atoms with E-state index < -0.39 is 0 Å². The number of nitrogens with one attached hydrogen (secondary N) is 1. The standard InChI is InChI=1S/C22H16Cl2I2N2O3/c1-30-21-18(25)8-13(9-19(21)26)11-27-28-22(29)16-4-2-3-5-20(16)31-12-14-6-7-15(23)10-17(14)24/h2-11H,12H2,1H3,(H,28,29)/b27-11+. The fourth-order valence-corrected chi connectivity index (χ4v) is 5.37. The van der Waals surface area contributed by atoms with Gasteiger partial charge in [0.1, 0.15) is 18.1 Å². The summed E-state index contributed by atoms with van der Waals surface area (Å²) in [6, 6.07) is 16.0. The molecular weight excluding hydrogens is 665 g/mol. The predicted molar refractivity (Wildman–Crippen MR) is 141 cm³/mol. The summed E-state index contributed by atoms with van der Waals surface area (Å²) < 4.78 is 13.1. The van der Waals surface area contributed by atoms with Crippen LogP contribution in [0.3, 0.4) is 0 Å². The third-order valence-corrected chi connectivity index (χ3v) is 6.32. The topological polar surface area (TPSA) is 59.9 Å². The number of hydrogen-bond donors (Lipinski definition) is 1. The molecule has 0 radical (unpaired) electrons. The molecule has 0 saturated heterocycles. The van der Waals surface area contributed by atoms with Crippen molar-refractivity contribution in [1.82, 2.24) is 5.43 Å². The van der Waals surface area contributed by atoms with Crippen molar-refractivity contribution in [3.05, 3.63) is 88.5 Å². The second-order valence-electron chi connectivity index (χ2n) is 6.24. The molecule has 0 spiro atoms. The van der Waals surface area contributed by atoms with Gasteiger partial charge in [-0.15, -0.1) is 0 Å². The zero-order valence-electron chi connectivity index (χ0n) is 16.2. The minimum absolute atomic E-state index is 0.201. The largest absolute Gasteiger partial charge is 0.495 e. The molecule has 0 aromatic heterocycles. The predicted octanol–water partition coefficient (Wildman–Crippen LogP) is 6.55. The Bertz CT molecular complexity index is 1120. The number of rotatable bonds is 7. The summed E-state index contributed by atoms with van der Waals surface area (Å²) in [6.45, 7) is 0.201. The Labute approximate surface area is 217 Å². The van der Waals surface area contributed by atoms with Crippen LogP contribution in [0.15, 0.2) is 59.7 Å². The van der Waals surface area contributed by atoms with Gasteiger partial charge in [0.15, 0.2) is 0 Å². The zero-order valence-corrected chi connectivity index (χ0v) is 22.0. The van der Waals surface area contributed by atoms with Crippen molar-refractivity contribution in [2.24, 2.45) is 5.10 Å². The monoisotopic (exact) mass is 680 g/mol. The summed E-state index contributed by atoms with van der Waals surface area (Å²) in [5.41, 5.74) is 4.52. The third kappa shape index (κ3) is 6.47. The molecule has 0 heterocycles. The van der Waals surface area contributed by atoms with Crippen molar-refractivity contribution in [3.63, 3.8) is 0 Å². The van der Waals surface area contributed by atoms with E-state index in [1.807, 2.05) is 12.1 Å². The first-order valence-electron chi connectivity index (χ1n) is 8.91. The number of methoxy groups -OCH3 is 1. The number of carbonyl (C=O) groups excluding carboxylic acids is 1. The zero-order chi connectivity index (χ0) is 22.4. The van der Waals surface area contributed by atoms with E-state index in [4.69, 9.17) is 32.7 Å². The van der Waals surface area contributed by atoms with Crippen LogP contribution >= 0.6 is 68.4 Å². The van der Waals surface area contributed by atoms with E-state index in [1.54, 1.807) is 55.8 Å². The molecule has 0 unspecified atom stereocenters. The molecule has 3 aromatic rings. The molecule has 5 nitrogen and oxygen atoms in total. The lowest BCUT2D eigenvalue weighted by molar-refractivity contribution is 0.0950. The Morgan fingerprint density at radius 3 is 2.48 bits per heavy atom. The number of carbonyl (C=O) groups is 1. The molecule has 1 amide bonds. The van der Waals surface area contributed by atoms with Crippen LogP contribution in [-0.4, -0.2) is 19.2 Å². The van der Waals surface area contributed by atoms with Crippen molar-refractivity contribution in [1.29, 1.82) is 0 Å². The van der Waals surface area contributed by atoms with Crippen LogP contribution in [-0.2, 0) is 6.61 Å². The van der Waals surface area contributed by atoms with Crippen LogP contribution in [0.4, 0.5) is 0 Å². The van der Waals surface area contributed by atoms with Crippen LogP contribution in [0.1, 0.15) is 21.5 Å². The van der Waals surface area contributed by atoms with Crippen molar-refractivity contribution >= 4 is 80.5 Å². The van der Waals surface area contributed by atoms with Crippen molar-refractivity contribution in [3.8, 4) is 11.5 Å². The lowest BCUT2D eigenvalue weighted by atomic mass is 10.2. The maximum absolute atomic E-state index is 12.6. The smallest absolute Gasteiger partial charge is 0.275 e. The first-order valence-corrected chi connectivity index (χ1v) is 11.8. The average molecular weight is 681 g/mol. The second kappa shape index (κ2) is 11.3. The molecular formula is C22H16Cl2I2N2O3. The molecule has 0 aliphatic carbocycles. The fraction of sp³-hybridized carbons (Fsp3) is 0.0909. The van der Waals surface area contributed by atoms with Gasteiger partial charge < -0.3 is 9.47 Å². The van der Waals surface area contributed by atoms with E-state index in [9.17, 15) is 4.79 Å². The van der Waals surface area contributed by atoms with Gasteiger partial charge in [-0.3, -0.25) is 4.79 Å². The van der Waals surface area contributed by atoms with Gasteiger partial charge in [0, 0.05) is 15.6 Å². The van der Waals surface area contributed by atoms with Gasteiger partial charge in [0.25, 0.3) is 5.91 Å². The van der Waals surface area contributed by atoms with Gasteiger partial charge in [-0.25, -0.2) is 5.43 Å². The Balaban J connectivity index is 1.69. The highest BCUT2D eigenvalue weighted by molar-refractivity contribution is 14.1. The van der Waals surface area contributed by atoms with Crippen molar-refractivity contribution in [2.45, 2.75) is 6.61 Å². The molecule has 0 saturated carbocycles. The highest BCUT2D eigenvalue weighted by atomic mass is 127. The molecule has 160 valence electrons. The fourth-order valence-electron chi connectivity index (χ4n) is 2.65. The Hall–Kier alpha value is -1.56. The molecule has 3 rings (SSSR count). The maximum Gasteiger partial charge on any atom is 0.275 e. The third-order valence-electron chi connectivity index (χ3n) is 4.13. The highest BCUT2D eigenvalue weighted by Crippen LogP contribution is 2.28. The normalized spacial score (nSPS) is 10.9. The van der Waals surface area contributed by atoms with Crippen molar-refractivity contribution < 1.29 is 14.3 Å². The van der Waals surface area contributed by atoms with Crippen LogP contribution in [0.5, 0.6) is 11.5 Å². The summed E-state index contributed by atoms with van der Waals surface area (Å²) >= 11 is 16.5. The quantitative estimate of drug-likeness (QED) is 0.175. The number of benzene rings is 3. The Morgan fingerprint density at radius 2 is 1.81 bits per heavy atom. The first-order chi connectivity index (χ1) is 14.9.